The van der Waals surface area contributed by atoms with Gasteiger partial charge in [-0.15, -0.1) is 0 Å². The number of methoxy groups -OCH3 is 1. The molecular formula is C40H54ClN3O7S. The fourth-order valence-electron chi connectivity index (χ4n) is 9.19. The van der Waals surface area contributed by atoms with E-state index in [-0.39, 0.29) is 17.3 Å². The fourth-order valence-corrected chi connectivity index (χ4v) is 10.8. The van der Waals surface area contributed by atoms with Crippen LogP contribution in [0.1, 0.15) is 73.4 Å². The maximum atomic E-state index is 13.6. The smallest absolute Gasteiger partial charge is 0.264 e. The summed E-state index contributed by atoms with van der Waals surface area (Å²) in [6.45, 7) is 8.95. The highest BCUT2D eigenvalue weighted by Gasteiger charge is 2.49. The van der Waals surface area contributed by atoms with Gasteiger partial charge in [-0.1, -0.05) is 36.7 Å². The average molecular weight is 756 g/mol. The second kappa shape index (κ2) is 16.0. The maximum Gasteiger partial charge on any atom is 0.264 e. The van der Waals surface area contributed by atoms with Crippen molar-refractivity contribution in [1.82, 2.24) is 9.62 Å². The molecule has 52 heavy (non-hydrogen) atoms. The minimum atomic E-state index is -3.93. The summed E-state index contributed by atoms with van der Waals surface area (Å²) in [6, 6.07) is 11.6. The first-order valence-corrected chi connectivity index (χ1v) is 21.0. The predicted molar refractivity (Wildman–Crippen MR) is 203 cm³/mol. The number of amides is 1. The van der Waals surface area contributed by atoms with E-state index in [0.29, 0.717) is 56.9 Å². The number of carbonyl (C=O) groups excluding carboxylic acids is 1. The quantitative estimate of drug-likeness (QED) is 0.279. The van der Waals surface area contributed by atoms with Gasteiger partial charge in [0.15, 0.2) is 0 Å². The van der Waals surface area contributed by atoms with Crippen LogP contribution in [0, 0.1) is 11.8 Å². The number of anilines is 1. The van der Waals surface area contributed by atoms with Crippen molar-refractivity contribution in [3.63, 3.8) is 0 Å². The molecule has 2 fully saturated rings. The van der Waals surface area contributed by atoms with Gasteiger partial charge >= 0.3 is 0 Å². The molecule has 1 saturated heterocycles. The molecule has 2 bridgehead atoms. The van der Waals surface area contributed by atoms with Gasteiger partial charge in [0.1, 0.15) is 11.4 Å². The minimum Gasteiger partial charge on any atom is -0.490 e. The van der Waals surface area contributed by atoms with Crippen LogP contribution < -0.4 is 14.4 Å². The average Bonchev–Trinajstić information content (AvgIpc) is 3.28. The van der Waals surface area contributed by atoms with Crippen LogP contribution in [0.3, 0.4) is 0 Å². The van der Waals surface area contributed by atoms with Crippen LogP contribution in [0.5, 0.6) is 5.75 Å². The molecule has 10 nitrogen and oxygen atoms in total. The van der Waals surface area contributed by atoms with E-state index in [0.717, 1.165) is 82.2 Å². The number of aryl methyl sites for hydroxylation is 1. The Morgan fingerprint density at radius 2 is 1.94 bits per heavy atom. The van der Waals surface area contributed by atoms with E-state index >= 15 is 0 Å². The monoisotopic (exact) mass is 755 g/mol. The van der Waals surface area contributed by atoms with Crippen LogP contribution in [-0.2, 0) is 36.1 Å². The van der Waals surface area contributed by atoms with Crippen molar-refractivity contribution >= 4 is 33.2 Å². The van der Waals surface area contributed by atoms with Crippen LogP contribution in [0.2, 0.25) is 5.02 Å². The summed E-state index contributed by atoms with van der Waals surface area (Å²) >= 11 is 6.48. The molecule has 2 aliphatic carbocycles. The Balaban J connectivity index is 1.24. The Labute approximate surface area is 314 Å². The van der Waals surface area contributed by atoms with E-state index in [9.17, 15) is 13.2 Å². The van der Waals surface area contributed by atoms with Crippen LogP contribution in [0.15, 0.2) is 48.6 Å². The molecule has 1 saturated carbocycles. The van der Waals surface area contributed by atoms with Crippen molar-refractivity contribution in [3.8, 4) is 5.75 Å². The molecule has 0 radical (unpaired) electrons. The number of halogens is 1. The summed E-state index contributed by atoms with van der Waals surface area (Å²) in [5.74, 6) is 0.556. The lowest BCUT2D eigenvalue weighted by molar-refractivity contribution is -0.120. The third kappa shape index (κ3) is 7.77. The number of nitrogens with one attached hydrogen (secondary N) is 1. The molecule has 3 heterocycles. The first-order valence-electron chi connectivity index (χ1n) is 19.1. The number of hydrogen-bond donors (Lipinski definition) is 1. The highest BCUT2D eigenvalue weighted by atomic mass is 35.5. The van der Waals surface area contributed by atoms with Gasteiger partial charge in [-0.05, 0) is 105 Å². The zero-order valence-electron chi connectivity index (χ0n) is 30.6. The molecule has 2 aromatic carbocycles. The van der Waals surface area contributed by atoms with Crippen molar-refractivity contribution in [3.05, 3.63) is 70.3 Å². The van der Waals surface area contributed by atoms with Gasteiger partial charge < -0.3 is 23.8 Å². The summed E-state index contributed by atoms with van der Waals surface area (Å²) in [5, 5.41) is 0.0237. The van der Waals surface area contributed by atoms with Gasteiger partial charge in [0.25, 0.3) is 5.91 Å². The molecule has 5 aliphatic rings. The molecule has 1 spiro atoms. The van der Waals surface area contributed by atoms with Gasteiger partial charge in [-0.25, -0.2) is 13.1 Å². The molecule has 284 valence electrons. The second-order valence-electron chi connectivity index (χ2n) is 15.4. The van der Waals surface area contributed by atoms with E-state index < -0.39 is 26.8 Å². The van der Waals surface area contributed by atoms with Crippen molar-refractivity contribution in [2.24, 2.45) is 11.8 Å². The number of sulfonamides is 1. The Hall–Kier alpha value is -2.67. The Kier molecular flexibility index (Phi) is 11.6. The zero-order chi connectivity index (χ0) is 36.3. The highest BCUT2D eigenvalue weighted by Crippen LogP contribution is 2.49. The summed E-state index contributed by atoms with van der Waals surface area (Å²) < 4.78 is 54.7. The number of fused-ring (bicyclic) bond motifs is 4. The summed E-state index contributed by atoms with van der Waals surface area (Å²) in [4.78, 5) is 18.4. The zero-order valence-corrected chi connectivity index (χ0v) is 32.2. The lowest BCUT2D eigenvalue weighted by atomic mass is 9.64. The second-order valence-corrected chi connectivity index (χ2v) is 17.8. The third-order valence-electron chi connectivity index (χ3n) is 12.3. The normalized spacial score (nSPS) is 31.3. The lowest BCUT2D eigenvalue weighted by Gasteiger charge is -2.50. The SMILES string of the molecule is CC[C@@H]1CC/C=C\[C@](COCCN2CCOCC2)(OC)[C@@H]2CC[C@H]2CN2C[C@@]3(CCCc4cc(Cl)ccc43)COc3ccc(cc32)C(=O)NS1(=O)=O. The van der Waals surface area contributed by atoms with Crippen molar-refractivity contribution in [2.45, 2.75) is 74.6 Å². The Morgan fingerprint density at radius 3 is 2.71 bits per heavy atom. The fraction of sp³-hybridized carbons (Fsp3) is 0.625. The molecule has 5 atom stereocenters. The van der Waals surface area contributed by atoms with Gasteiger partial charge in [-0.2, -0.15) is 0 Å². The first-order chi connectivity index (χ1) is 25.1. The molecule has 0 unspecified atom stereocenters. The number of morpholine rings is 1. The van der Waals surface area contributed by atoms with Gasteiger partial charge in [0, 0.05) is 55.8 Å². The topological polar surface area (TPSA) is 107 Å². The van der Waals surface area contributed by atoms with Gasteiger partial charge in [0.05, 0.1) is 44.0 Å². The number of rotatable bonds is 7. The van der Waals surface area contributed by atoms with Crippen LogP contribution in [-0.4, -0.2) is 103 Å². The summed E-state index contributed by atoms with van der Waals surface area (Å²) in [7, 11) is -2.15. The van der Waals surface area contributed by atoms with Gasteiger partial charge in [-0.3, -0.25) is 9.69 Å². The van der Waals surface area contributed by atoms with Gasteiger partial charge in [0.2, 0.25) is 10.0 Å². The van der Waals surface area contributed by atoms with Crippen molar-refractivity contribution < 1.29 is 32.2 Å². The van der Waals surface area contributed by atoms with E-state index in [2.05, 4.69) is 38.8 Å². The number of nitrogens with zero attached hydrogens (tertiary/aromatic N) is 2. The standard InChI is InChI=1S/C40H54ClN3O7S/c1-3-33-8-4-5-16-40(48-2,28-50-22-19-43-17-20-49-21-18-43)35-12-9-31(35)25-44-26-39(15-6-7-29-23-32(41)11-13-34(29)39)27-51-37-14-10-30(24-36(37)44)38(45)42-52(33,46)47/h5,10-11,13-14,16,23-24,31,33,35H,3-4,6-9,12,15,17-22,25-28H2,1-2H3,(H,42,45)/b16-5-/t31-,33+,35+,39-,40+/m0/s1. The first kappa shape index (κ1) is 37.6. The van der Waals surface area contributed by atoms with Crippen LogP contribution in [0.25, 0.3) is 0 Å². The van der Waals surface area contributed by atoms with E-state index in [1.807, 2.05) is 25.1 Å². The van der Waals surface area contributed by atoms with E-state index in [1.54, 1.807) is 13.2 Å². The van der Waals surface area contributed by atoms with E-state index in [1.165, 1.54) is 11.1 Å². The van der Waals surface area contributed by atoms with Crippen molar-refractivity contribution in [2.75, 3.05) is 77.8 Å². The number of allylic oxidation sites excluding steroid dienone is 1. The number of ether oxygens (including phenoxy) is 4. The molecular weight excluding hydrogens is 702 g/mol. The molecule has 12 heteroatoms. The third-order valence-corrected chi connectivity index (χ3v) is 14.5. The number of carbonyl (C=O) groups is 1. The number of hydrogen-bond acceptors (Lipinski definition) is 9. The van der Waals surface area contributed by atoms with Crippen LogP contribution in [0.4, 0.5) is 5.69 Å². The Bertz CT molecular complexity index is 1730. The lowest BCUT2D eigenvalue weighted by Crippen LogP contribution is -2.55. The largest absolute Gasteiger partial charge is 0.490 e. The summed E-state index contributed by atoms with van der Waals surface area (Å²) in [6.07, 6.45) is 10.5. The molecule has 0 aromatic heterocycles. The minimum absolute atomic E-state index is 0.184. The highest BCUT2D eigenvalue weighted by molar-refractivity contribution is 7.90. The molecule has 7 rings (SSSR count). The van der Waals surface area contributed by atoms with E-state index in [4.69, 9.17) is 30.5 Å². The Morgan fingerprint density at radius 1 is 1.10 bits per heavy atom. The molecule has 1 N–H and O–H groups in total. The van der Waals surface area contributed by atoms with Crippen LogP contribution >= 0.6 is 11.6 Å². The molecule has 2 aromatic rings. The van der Waals surface area contributed by atoms with Crippen molar-refractivity contribution in [1.29, 1.82) is 0 Å². The molecule has 3 aliphatic heterocycles. The summed E-state index contributed by atoms with van der Waals surface area (Å²) in [5.41, 5.74) is 2.70. The maximum absolute atomic E-state index is 13.6. The molecule has 1 amide bonds. The number of benzene rings is 2. The predicted octanol–water partition coefficient (Wildman–Crippen LogP) is 5.76.